The Morgan fingerprint density at radius 1 is 1.11 bits per heavy atom. The van der Waals surface area contributed by atoms with Crippen molar-refractivity contribution in [2.24, 2.45) is 5.92 Å². The number of nitrogens with zero attached hydrogens (tertiary/aromatic N) is 1. The van der Waals surface area contributed by atoms with Gasteiger partial charge in [-0.15, -0.1) is 0 Å². The van der Waals surface area contributed by atoms with Crippen LogP contribution < -0.4 is 14.8 Å². The van der Waals surface area contributed by atoms with Gasteiger partial charge in [-0.1, -0.05) is 44.2 Å². The first-order valence-corrected chi connectivity index (χ1v) is 14.1. The number of methoxy groups -OCH3 is 2. The molecule has 0 spiro atoms. The van der Waals surface area contributed by atoms with Crippen molar-refractivity contribution in [3.63, 3.8) is 0 Å². The van der Waals surface area contributed by atoms with Crippen LogP contribution in [0.15, 0.2) is 53.4 Å². The van der Waals surface area contributed by atoms with Gasteiger partial charge in [0.2, 0.25) is 10.0 Å². The third-order valence-corrected chi connectivity index (χ3v) is 8.01. The molecule has 1 saturated heterocycles. The van der Waals surface area contributed by atoms with Crippen LogP contribution in [0, 0.1) is 5.92 Å². The largest absolute Gasteiger partial charge is 0.493 e. The predicted molar refractivity (Wildman–Crippen MR) is 142 cm³/mol. The normalized spacial score (nSPS) is 17.3. The Bertz CT molecular complexity index is 1140. The van der Waals surface area contributed by atoms with Crippen LogP contribution in [0.1, 0.15) is 25.8 Å². The molecule has 11 heteroatoms. The summed E-state index contributed by atoms with van der Waals surface area (Å²) in [4.78, 5) is 12.7. The van der Waals surface area contributed by atoms with E-state index in [-0.39, 0.29) is 42.2 Å². The van der Waals surface area contributed by atoms with Crippen molar-refractivity contribution in [1.29, 1.82) is 0 Å². The van der Waals surface area contributed by atoms with Gasteiger partial charge in [0.05, 0.1) is 44.5 Å². The summed E-state index contributed by atoms with van der Waals surface area (Å²) >= 11 is 0. The molecule has 0 aliphatic carbocycles. The standard InChI is InChI=1S/C27H38N2O8S/c1-19(2)16-29(38(32,33)22-10-11-25(34-3)26(15-22)35-4)17-24(30)23(14-20-8-6-5-7-9-20)28-27(31)37-21-12-13-36-18-21/h5-11,15,19,21,23-24,30H,12-14,16-18H2,1-4H3,(H,28,31)/t21-,23-,24+/m0/s1. The summed E-state index contributed by atoms with van der Waals surface area (Å²) in [5, 5.41) is 14.1. The van der Waals surface area contributed by atoms with E-state index >= 15 is 0 Å². The maximum atomic E-state index is 13.7. The molecule has 3 rings (SSSR count). The lowest BCUT2D eigenvalue weighted by molar-refractivity contribution is 0.0644. The van der Waals surface area contributed by atoms with E-state index in [0.717, 1.165) is 5.56 Å². The number of sulfonamides is 1. The number of benzene rings is 2. The van der Waals surface area contributed by atoms with Crippen molar-refractivity contribution in [3.05, 3.63) is 54.1 Å². The van der Waals surface area contributed by atoms with E-state index in [9.17, 15) is 18.3 Å². The molecule has 1 amide bonds. The maximum absolute atomic E-state index is 13.7. The zero-order chi connectivity index (χ0) is 27.7. The second-order valence-corrected chi connectivity index (χ2v) is 11.6. The van der Waals surface area contributed by atoms with Crippen LogP contribution in [0.25, 0.3) is 0 Å². The first kappa shape index (κ1) is 29.7. The third kappa shape index (κ3) is 8.07. The summed E-state index contributed by atoms with van der Waals surface area (Å²) in [6.07, 6.45) is -1.38. The van der Waals surface area contributed by atoms with E-state index in [0.29, 0.717) is 25.4 Å². The van der Waals surface area contributed by atoms with Crippen LogP contribution >= 0.6 is 0 Å². The second-order valence-electron chi connectivity index (χ2n) is 9.63. The highest BCUT2D eigenvalue weighted by molar-refractivity contribution is 7.89. The summed E-state index contributed by atoms with van der Waals surface area (Å²) in [6.45, 7) is 4.56. The SMILES string of the molecule is COc1ccc(S(=O)(=O)N(CC(C)C)C[C@@H](O)[C@H](Cc2ccccc2)NC(=O)O[C@H]2CCOC2)cc1OC. The fourth-order valence-electron chi connectivity index (χ4n) is 4.23. The average molecular weight is 551 g/mol. The van der Waals surface area contributed by atoms with Crippen molar-refractivity contribution >= 4 is 16.1 Å². The van der Waals surface area contributed by atoms with Gasteiger partial charge in [0, 0.05) is 25.6 Å². The molecular weight excluding hydrogens is 512 g/mol. The summed E-state index contributed by atoms with van der Waals surface area (Å²) in [6, 6.07) is 12.9. The molecule has 38 heavy (non-hydrogen) atoms. The lowest BCUT2D eigenvalue weighted by atomic mass is 10.0. The molecule has 1 aliphatic heterocycles. The molecular formula is C27H38N2O8S. The molecule has 0 saturated carbocycles. The number of hydrogen-bond acceptors (Lipinski definition) is 8. The summed E-state index contributed by atoms with van der Waals surface area (Å²) in [5.74, 6) is 0.658. The molecule has 0 bridgehead atoms. The second kappa shape index (κ2) is 13.8. The van der Waals surface area contributed by atoms with Gasteiger partial charge in [-0.25, -0.2) is 13.2 Å². The molecule has 1 fully saturated rings. The Balaban J connectivity index is 1.84. The molecule has 10 nitrogen and oxygen atoms in total. The quantitative estimate of drug-likeness (QED) is 0.390. The van der Waals surface area contributed by atoms with Gasteiger partial charge in [-0.05, 0) is 30.0 Å². The number of aliphatic hydroxyl groups excluding tert-OH is 1. The van der Waals surface area contributed by atoms with Crippen LogP contribution in [0.3, 0.4) is 0 Å². The maximum Gasteiger partial charge on any atom is 0.407 e. The Hall–Kier alpha value is -2.86. The molecule has 210 valence electrons. The third-order valence-electron chi connectivity index (χ3n) is 6.18. The molecule has 0 radical (unpaired) electrons. The topological polar surface area (TPSA) is 124 Å². The smallest absolute Gasteiger partial charge is 0.407 e. The van der Waals surface area contributed by atoms with Gasteiger partial charge >= 0.3 is 6.09 Å². The van der Waals surface area contributed by atoms with Crippen molar-refractivity contribution in [2.45, 2.75) is 49.8 Å². The fraction of sp³-hybridized carbons (Fsp3) is 0.519. The van der Waals surface area contributed by atoms with E-state index in [1.54, 1.807) is 0 Å². The minimum atomic E-state index is -4.02. The van der Waals surface area contributed by atoms with Crippen molar-refractivity contribution in [3.8, 4) is 11.5 Å². The Labute approximate surface area is 224 Å². The highest BCUT2D eigenvalue weighted by Crippen LogP contribution is 2.31. The van der Waals surface area contributed by atoms with Gasteiger partial charge in [-0.3, -0.25) is 0 Å². The molecule has 3 atom stereocenters. The summed E-state index contributed by atoms with van der Waals surface area (Å²) in [7, 11) is -1.12. The lowest BCUT2D eigenvalue weighted by Crippen LogP contribution is -2.51. The zero-order valence-electron chi connectivity index (χ0n) is 22.3. The number of nitrogens with one attached hydrogen (secondary N) is 1. The van der Waals surface area contributed by atoms with E-state index in [1.165, 1.54) is 36.7 Å². The van der Waals surface area contributed by atoms with E-state index in [2.05, 4.69) is 5.32 Å². The fourth-order valence-corrected chi connectivity index (χ4v) is 5.87. The monoisotopic (exact) mass is 550 g/mol. The van der Waals surface area contributed by atoms with E-state index in [4.69, 9.17) is 18.9 Å². The minimum Gasteiger partial charge on any atom is -0.493 e. The Morgan fingerprint density at radius 3 is 2.42 bits per heavy atom. The van der Waals surface area contributed by atoms with Crippen LogP contribution in [0.5, 0.6) is 11.5 Å². The molecule has 1 aliphatic rings. The van der Waals surface area contributed by atoms with Crippen LogP contribution in [-0.2, 0) is 25.9 Å². The van der Waals surface area contributed by atoms with Gasteiger partial charge in [0.1, 0.15) is 6.10 Å². The first-order chi connectivity index (χ1) is 18.1. The van der Waals surface area contributed by atoms with Crippen LogP contribution in [0.4, 0.5) is 4.79 Å². The number of rotatable bonds is 13. The number of alkyl carbamates (subject to hydrolysis) is 1. The number of aliphatic hydroxyl groups is 1. The van der Waals surface area contributed by atoms with Crippen molar-refractivity contribution < 1.29 is 37.3 Å². The van der Waals surface area contributed by atoms with Gasteiger partial charge in [0.25, 0.3) is 0 Å². The van der Waals surface area contributed by atoms with E-state index in [1.807, 2.05) is 44.2 Å². The molecule has 0 aromatic heterocycles. The number of hydrogen-bond donors (Lipinski definition) is 2. The van der Waals surface area contributed by atoms with Gasteiger partial charge < -0.3 is 29.4 Å². The average Bonchev–Trinajstić information content (AvgIpc) is 3.40. The van der Waals surface area contributed by atoms with Gasteiger partial charge in [0.15, 0.2) is 11.5 Å². The zero-order valence-corrected chi connectivity index (χ0v) is 23.1. The van der Waals surface area contributed by atoms with Crippen molar-refractivity contribution in [2.75, 3.05) is 40.5 Å². The molecule has 1 heterocycles. The Morgan fingerprint density at radius 2 is 1.82 bits per heavy atom. The van der Waals surface area contributed by atoms with E-state index < -0.39 is 28.3 Å². The lowest BCUT2D eigenvalue weighted by Gasteiger charge is -2.31. The molecule has 2 aromatic rings. The Kier molecular flexibility index (Phi) is 10.8. The van der Waals surface area contributed by atoms with Crippen LogP contribution in [-0.4, -0.2) is 82.7 Å². The van der Waals surface area contributed by atoms with Gasteiger partial charge in [-0.2, -0.15) is 4.31 Å². The molecule has 2 N–H and O–H groups in total. The predicted octanol–water partition coefficient (Wildman–Crippen LogP) is 2.84. The number of carbonyl (C=O) groups is 1. The highest BCUT2D eigenvalue weighted by Gasteiger charge is 2.32. The summed E-state index contributed by atoms with van der Waals surface area (Å²) in [5.41, 5.74) is 0.874. The number of ether oxygens (including phenoxy) is 4. The highest BCUT2D eigenvalue weighted by atomic mass is 32.2. The van der Waals surface area contributed by atoms with Crippen LogP contribution in [0.2, 0.25) is 0 Å². The number of carbonyl (C=O) groups excluding carboxylic acids is 1. The minimum absolute atomic E-state index is 0.0104. The summed E-state index contributed by atoms with van der Waals surface area (Å²) < 4.78 is 49.9. The number of amides is 1. The van der Waals surface area contributed by atoms with Crippen molar-refractivity contribution in [1.82, 2.24) is 9.62 Å². The molecule has 0 unspecified atom stereocenters. The first-order valence-electron chi connectivity index (χ1n) is 12.6. The molecule has 2 aromatic carbocycles.